The van der Waals surface area contributed by atoms with Crippen LogP contribution >= 0.6 is 23.2 Å². The Labute approximate surface area is 96.8 Å². The van der Waals surface area contributed by atoms with E-state index in [0.29, 0.717) is 15.6 Å². The van der Waals surface area contributed by atoms with Crippen LogP contribution in [0, 0.1) is 0 Å². The predicted molar refractivity (Wildman–Crippen MR) is 61.1 cm³/mol. The SMILES string of the molecule is NN=CC(C(N)=O)c1c(Cl)cccc1Cl. The van der Waals surface area contributed by atoms with Crippen molar-refractivity contribution in [2.45, 2.75) is 5.92 Å². The summed E-state index contributed by atoms with van der Waals surface area (Å²) in [6, 6.07) is 4.90. The van der Waals surface area contributed by atoms with E-state index in [4.69, 9.17) is 34.8 Å². The number of rotatable bonds is 3. The minimum atomic E-state index is -0.809. The second-order valence-electron chi connectivity index (χ2n) is 2.81. The Morgan fingerprint density at radius 2 is 1.93 bits per heavy atom. The summed E-state index contributed by atoms with van der Waals surface area (Å²) in [5.41, 5.74) is 5.61. The molecule has 1 amide bonds. The van der Waals surface area contributed by atoms with Crippen molar-refractivity contribution in [2.24, 2.45) is 16.7 Å². The van der Waals surface area contributed by atoms with E-state index in [1.807, 2.05) is 0 Å². The highest BCUT2D eigenvalue weighted by Crippen LogP contribution is 2.30. The second kappa shape index (κ2) is 5.00. The molecule has 0 aromatic heterocycles. The molecule has 1 unspecified atom stereocenters. The summed E-state index contributed by atoms with van der Waals surface area (Å²) < 4.78 is 0. The summed E-state index contributed by atoms with van der Waals surface area (Å²) in [6.07, 6.45) is 1.20. The van der Waals surface area contributed by atoms with Gasteiger partial charge < -0.3 is 11.6 Å². The van der Waals surface area contributed by atoms with Crippen molar-refractivity contribution in [3.05, 3.63) is 33.8 Å². The first kappa shape index (κ1) is 11.8. The topological polar surface area (TPSA) is 81.5 Å². The molecule has 1 aromatic rings. The van der Waals surface area contributed by atoms with Crippen LogP contribution in [0.5, 0.6) is 0 Å². The summed E-state index contributed by atoms with van der Waals surface area (Å²) in [5, 5.41) is 3.98. The minimum absolute atomic E-state index is 0.353. The van der Waals surface area contributed by atoms with Crippen LogP contribution in [0.4, 0.5) is 0 Å². The van der Waals surface area contributed by atoms with E-state index in [1.54, 1.807) is 18.2 Å². The van der Waals surface area contributed by atoms with Crippen LogP contribution in [0.2, 0.25) is 10.0 Å². The van der Waals surface area contributed by atoms with Crippen molar-refractivity contribution in [2.75, 3.05) is 0 Å². The Morgan fingerprint density at radius 1 is 1.40 bits per heavy atom. The van der Waals surface area contributed by atoms with Gasteiger partial charge in [0.2, 0.25) is 5.91 Å². The Morgan fingerprint density at radius 3 is 2.33 bits per heavy atom. The van der Waals surface area contributed by atoms with Gasteiger partial charge in [0.15, 0.2) is 0 Å². The Bertz CT molecular complexity index is 386. The van der Waals surface area contributed by atoms with Crippen molar-refractivity contribution >= 4 is 35.3 Å². The molecule has 1 atom stereocenters. The van der Waals surface area contributed by atoms with E-state index < -0.39 is 11.8 Å². The van der Waals surface area contributed by atoms with Gasteiger partial charge in [0, 0.05) is 21.8 Å². The van der Waals surface area contributed by atoms with Gasteiger partial charge in [-0.1, -0.05) is 29.3 Å². The average molecular weight is 246 g/mol. The molecule has 6 heteroatoms. The Hall–Kier alpha value is -1.26. The van der Waals surface area contributed by atoms with Crippen LogP contribution < -0.4 is 11.6 Å². The van der Waals surface area contributed by atoms with Gasteiger partial charge in [0.05, 0.1) is 0 Å². The molecule has 1 aromatic carbocycles. The van der Waals surface area contributed by atoms with Crippen LogP contribution in [-0.2, 0) is 4.79 Å². The molecule has 0 bridgehead atoms. The van der Waals surface area contributed by atoms with Gasteiger partial charge in [0.25, 0.3) is 0 Å². The minimum Gasteiger partial charge on any atom is -0.369 e. The quantitative estimate of drug-likeness (QED) is 0.481. The van der Waals surface area contributed by atoms with Crippen molar-refractivity contribution < 1.29 is 4.79 Å². The highest BCUT2D eigenvalue weighted by molar-refractivity contribution is 6.37. The van der Waals surface area contributed by atoms with E-state index in [1.165, 1.54) is 6.21 Å². The number of hydrazone groups is 1. The number of hydrogen-bond donors (Lipinski definition) is 2. The number of carbonyl (C=O) groups is 1. The number of primary amides is 1. The van der Waals surface area contributed by atoms with Gasteiger partial charge >= 0.3 is 0 Å². The predicted octanol–water partition coefficient (Wildman–Crippen LogP) is 1.51. The zero-order valence-corrected chi connectivity index (χ0v) is 9.16. The zero-order valence-electron chi connectivity index (χ0n) is 7.65. The van der Waals surface area contributed by atoms with Crippen molar-refractivity contribution in [3.8, 4) is 0 Å². The van der Waals surface area contributed by atoms with Crippen molar-refractivity contribution in [1.29, 1.82) is 0 Å². The van der Waals surface area contributed by atoms with Crippen LogP contribution in [0.3, 0.4) is 0 Å². The lowest BCUT2D eigenvalue weighted by Crippen LogP contribution is -2.23. The first-order valence-corrected chi connectivity index (χ1v) is 4.80. The lowest BCUT2D eigenvalue weighted by atomic mass is 10.00. The standard InChI is InChI=1S/C9H9Cl2N3O/c10-6-2-1-3-7(11)8(6)5(4-14-13)9(12)15/h1-5H,13H2,(H2,12,15). The van der Waals surface area contributed by atoms with Gasteiger partial charge in [-0.05, 0) is 12.1 Å². The summed E-state index contributed by atoms with van der Waals surface area (Å²) in [5.74, 6) is 3.56. The molecule has 1 rings (SSSR count). The summed E-state index contributed by atoms with van der Waals surface area (Å²) in [4.78, 5) is 11.2. The fraction of sp³-hybridized carbons (Fsp3) is 0.111. The average Bonchev–Trinajstić information content (AvgIpc) is 2.15. The van der Waals surface area contributed by atoms with Gasteiger partial charge in [-0.3, -0.25) is 4.79 Å². The Kier molecular flexibility index (Phi) is 3.94. The van der Waals surface area contributed by atoms with E-state index in [9.17, 15) is 4.79 Å². The highest BCUT2D eigenvalue weighted by Gasteiger charge is 2.21. The van der Waals surface area contributed by atoms with Gasteiger partial charge in [-0.2, -0.15) is 5.10 Å². The largest absolute Gasteiger partial charge is 0.369 e. The maximum absolute atomic E-state index is 11.2. The van der Waals surface area contributed by atoms with Crippen molar-refractivity contribution in [3.63, 3.8) is 0 Å². The van der Waals surface area contributed by atoms with Gasteiger partial charge in [-0.25, -0.2) is 0 Å². The summed E-state index contributed by atoms with van der Waals surface area (Å²) >= 11 is 11.8. The molecule has 0 fully saturated rings. The first-order chi connectivity index (χ1) is 7.07. The smallest absolute Gasteiger partial charge is 0.230 e. The molecule has 0 spiro atoms. The second-order valence-corrected chi connectivity index (χ2v) is 3.63. The molecule has 80 valence electrons. The molecule has 0 saturated carbocycles. The third-order valence-corrected chi connectivity index (χ3v) is 2.51. The molecule has 0 aliphatic carbocycles. The van der Waals surface area contributed by atoms with E-state index in [0.717, 1.165) is 0 Å². The highest BCUT2D eigenvalue weighted by atomic mass is 35.5. The number of carbonyl (C=O) groups excluding carboxylic acids is 1. The summed E-state index contributed by atoms with van der Waals surface area (Å²) in [7, 11) is 0. The molecular formula is C9H9Cl2N3O. The molecule has 0 radical (unpaired) electrons. The van der Waals surface area contributed by atoms with Crippen molar-refractivity contribution in [1.82, 2.24) is 0 Å². The third kappa shape index (κ3) is 2.61. The van der Waals surface area contributed by atoms with Crippen LogP contribution in [0.25, 0.3) is 0 Å². The zero-order chi connectivity index (χ0) is 11.4. The number of nitrogens with zero attached hydrogens (tertiary/aromatic N) is 1. The number of benzene rings is 1. The Balaban J connectivity index is 3.28. The molecule has 4 nitrogen and oxygen atoms in total. The van der Waals surface area contributed by atoms with Crippen LogP contribution in [-0.4, -0.2) is 12.1 Å². The molecule has 15 heavy (non-hydrogen) atoms. The summed E-state index contributed by atoms with van der Waals surface area (Å²) in [6.45, 7) is 0. The fourth-order valence-corrected chi connectivity index (χ4v) is 1.82. The fourth-order valence-electron chi connectivity index (χ4n) is 1.18. The number of hydrogen-bond acceptors (Lipinski definition) is 3. The molecular weight excluding hydrogens is 237 g/mol. The third-order valence-electron chi connectivity index (χ3n) is 1.85. The molecule has 0 saturated heterocycles. The number of halogens is 2. The monoisotopic (exact) mass is 245 g/mol. The lowest BCUT2D eigenvalue weighted by molar-refractivity contribution is -0.117. The molecule has 0 heterocycles. The van der Waals surface area contributed by atoms with Crippen LogP contribution in [0.1, 0.15) is 11.5 Å². The normalized spacial score (nSPS) is 12.9. The van der Waals surface area contributed by atoms with E-state index in [-0.39, 0.29) is 0 Å². The number of amides is 1. The first-order valence-electron chi connectivity index (χ1n) is 4.04. The molecule has 0 aliphatic rings. The molecule has 4 N–H and O–H groups in total. The maximum atomic E-state index is 11.2. The van der Waals surface area contributed by atoms with E-state index in [2.05, 4.69) is 5.10 Å². The van der Waals surface area contributed by atoms with Crippen LogP contribution in [0.15, 0.2) is 23.3 Å². The number of nitrogens with two attached hydrogens (primary N) is 2. The van der Waals surface area contributed by atoms with Gasteiger partial charge in [-0.15, -0.1) is 0 Å². The lowest BCUT2D eigenvalue weighted by Gasteiger charge is -2.11. The van der Waals surface area contributed by atoms with E-state index >= 15 is 0 Å². The maximum Gasteiger partial charge on any atom is 0.230 e. The van der Waals surface area contributed by atoms with Gasteiger partial charge in [0.1, 0.15) is 5.92 Å². The molecule has 0 aliphatic heterocycles.